The minimum absolute atomic E-state index is 0.0451. The summed E-state index contributed by atoms with van der Waals surface area (Å²) >= 11 is 5.33. The Labute approximate surface area is 254 Å². The van der Waals surface area contributed by atoms with Gasteiger partial charge in [-0.15, -0.1) is 11.8 Å². The number of amides is 2. The number of rotatable bonds is 11. The molecule has 2 aromatic carbocycles. The number of hydrogen-bond donors (Lipinski definition) is 2. The highest BCUT2D eigenvalue weighted by Crippen LogP contribution is 2.68. The minimum atomic E-state index is -0.863. The predicted molar refractivity (Wildman–Crippen MR) is 165 cm³/mol. The van der Waals surface area contributed by atoms with Crippen LogP contribution in [0.4, 0.5) is 11.4 Å². The van der Waals surface area contributed by atoms with Crippen LogP contribution < -0.4 is 10.2 Å². The fourth-order valence-corrected chi connectivity index (χ4v) is 10.5. The van der Waals surface area contributed by atoms with E-state index in [1.165, 1.54) is 0 Å². The Balaban J connectivity index is 1.51. The molecule has 3 unspecified atom stereocenters. The Kier molecular flexibility index (Phi) is 9.01. The molecule has 7 atom stereocenters. The highest BCUT2D eigenvalue weighted by Gasteiger charge is 2.76. The Morgan fingerprint density at radius 2 is 1.83 bits per heavy atom. The van der Waals surface area contributed by atoms with Crippen molar-refractivity contribution in [3.8, 4) is 0 Å². The molecule has 3 aliphatic heterocycles. The van der Waals surface area contributed by atoms with Crippen LogP contribution in [0.3, 0.4) is 0 Å². The number of anilines is 2. The van der Waals surface area contributed by atoms with Gasteiger partial charge in [0.25, 0.3) is 0 Å². The standard InChI is InChI=1S/C31H38BrN3O5S/c1-4-34(5-2)21-14-12-20(13-15-21)33-28(37)27-31-17-23(32)26(41-31)24(30(39)40-6-3)25(31)29(38)35(27)22(18-36)16-19-10-8-7-9-11-19/h7-15,22-27,36H,4-6,16-18H2,1-3H3,(H,33,37)/t22-,23?,24+,25+,26+,27?,31?/m1/s1. The molecular weight excluding hydrogens is 606 g/mol. The fraction of sp³-hybridized carbons (Fsp3) is 0.516. The number of thioether (sulfide) groups is 1. The van der Waals surface area contributed by atoms with E-state index in [1.807, 2.05) is 54.6 Å². The quantitative estimate of drug-likeness (QED) is 0.281. The van der Waals surface area contributed by atoms with E-state index in [2.05, 4.69) is 40.0 Å². The van der Waals surface area contributed by atoms with Crippen LogP contribution >= 0.6 is 27.7 Å². The van der Waals surface area contributed by atoms with Gasteiger partial charge in [-0.1, -0.05) is 46.3 Å². The molecule has 8 nitrogen and oxygen atoms in total. The third kappa shape index (κ3) is 5.27. The maximum atomic E-state index is 14.3. The molecule has 1 spiro atoms. The van der Waals surface area contributed by atoms with Crippen LogP contribution in [0, 0.1) is 11.8 Å². The van der Waals surface area contributed by atoms with Crippen LogP contribution in [-0.4, -0.2) is 81.0 Å². The van der Waals surface area contributed by atoms with Crippen LogP contribution in [0.5, 0.6) is 0 Å². The van der Waals surface area contributed by atoms with Gasteiger partial charge in [0.2, 0.25) is 11.8 Å². The second kappa shape index (κ2) is 12.4. The van der Waals surface area contributed by atoms with Crippen molar-refractivity contribution < 1.29 is 24.2 Å². The molecule has 0 aliphatic carbocycles. The van der Waals surface area contributed by atoms with Crippen molar-refractivity contribution in [3.05, 3.63) is 60.2 Å². The van der Waals surface area contributed by atoms with Crippen molar-refractivity contribution in [2.75, 3.05) is 36.5 Å². The molecule has 0 aromatic heterocycles. The number of fused-ring (bicyclic) bond motifs is 1. The second-order valence-corrected chi connectivity index (χ2v) is 13.6. The van der Waals surface area contributed by atoms with Crippen molar-refractivity contribution >= 4 is 56.9 Å². The van der Waals surface area contributed by atoms with Crippen LogP contribution in [0.25, 0.3) is 0 Å². The van der Waals surface area contributed by atoms with Crippen molar-refractivity contribution in [1.29, 1.82) is 0 Å². The van der Waals surface area contributed by atoms with E-state index in [0.29, 0.717) is 18.5 Å². The summed E-state index contributed by atoms with van der Waals surface area (Å²) in [5.74, 6) is -2.32. The van der Waals surface area contributed by atoms with Gasteiger partial charge in [-0.2, -0.15) is 0 Å². The first-order chi connectivity index (χ1) is 19.8. The largest absolute Gasteiger partial charge is 0.466 e. The summed E-state index contributed by atoms with van der Waals surface area (Å²) in [6, 6.07) is 15.9. The van der Waals surface area contributed by atoms with Gasteiger partial charge in [0, 0.05) is 34.5 Å². The molecular formula is C31H38BrN3O5S. The first-order valence-electron chi connectivity index (χ1n) is 14.4. The fourth-order valence-electron chi connectivity index (χ4n) is 6.96. The summed E-state index contributed by atoms with van der Waals surface area (Å²) in [6.07, 6.45) is 0.956. The SMILES string of the molecule is CCOC(=O)[C@H]1[C@H]2C(=O)N([C@@H](CO)Cc3ccccc3)C(C(=O)Nc3ccc(N(CC)CC)cc3)C23CC(Br)[C@@H]1S3. The zero-order chi connectivity index (χ0) is 29.3. The van der Waals surface area contributed by atoms with E-state index < -0.39 is 34.6 Å². The van der Waals surface area contributed by atoms with E-state index in [0.717, 1.165) is 24.3 Å². The van der Waals surface area contributed by atoms with Gasteiger partial charge in [0.15, 0.2) is 0 Å². The lowest BCUT2D eigenvalue weighted by atomic mass is 9.71. The van der Waals surface area contributed by atoms with Gasteiger partial charge < -0.3 is 25.0 Å². The molecule has 220 valence electrons. The number of carbonyl (C=O) groups excluding carboxylic acids is 3. The number of hydrogen-bond acceptors (Lipinski definition) is 7. The highest BCUT2D eigenvalue weighted by atomic mass is 79.9. The number of alkyl halides is 1. The lowest BCUT2D eigenvalue weighted by molar-refractivity contribution is -0.154. The molecule has 41 heavy (non-hydrogen) atoms. The summed E-state index contributed by atoms with van der Waals surface area (Å²) in [5, 5.41) is 13.5. The van der Waals surface area contributed by atoms with Gasteiger partial charge in [-0.05, 0) is 63.4 Å². The number of benzene rings is 2. The lowest BCUT2D eigenvalue weighted by Crippen LogP contribution is -2.55. The second-order valence-electron chi connectivity index (χ2n) is 10.9. The van der Waals surface area contributed by atoms with Crippen LogP contribution in [-0.2, 0) is 25.5 Å². The molecule has 2 amide bonds. The molecule has 3 fully saturated rings. The molecule has 3 heterocycles. The van der Waals surface area contributed by atoms with Gasteiger partial charge in [0.1, 0.15) is 6.04 Å². The number of ether oxygens (including phenoxy) is 1. The number of likely N-dealkylation sites (tertiary alicyclic amines) is 1. The zero-order valence-corrected chi connectivity index (χ0v) is 26.1. The van der Waals surface area contributed by atoms with E-state index in [-0.39, 0.29) is 35.1 Å². The smallest absolute Gasteiger partial charge is 0.310 e. The number of carbonyl (C=O) groups is 3. The van der Waals surface area contributed by atoms with Crippen LogP contribution in [0.2, 0.25) is 0 Å². The summed E-state index contributed by atoms with van der Waals surface area (Å²) in [6.45, 7) is 7.63. The Morgan fingerprint density at radius 1 is 1.15 bits per heavy atom. The number of nitrogens with zero attached hydrogens (tertiary/aromatic N) is 2. The predicted octanol–water partition coefficient (Wildman–Crippen LogP) is 4.10. The van der Waals surface area contributed by atoms with Gasteiger partial charge in [-0.25, -0.2) is 0 Å². The molecule has 0 radical (unpaired) electrons. The van der Waals surface area contributed by atoms with Gasteiger partial charge in [-0.3, -0.25) is 14.4 Å². The summed E-state index contributed by atoms with van der Waals surface area (Å²) in [7, 11) is 0. The maximum Gasteiger partial charge on any atom is 0.310 e. The van der Waals surface area contributed by atoms with Gasteiger partial charge in [0.05, 0.1) is 35.8 Å². The molecule has 2 N–H and O–H groups in total. The monoisotopic (exact) mass is 643 g/mol. The Morgan fingerprint density at radius 3 is 2.44 bits per heavy atom. The van der Waals surface area contributed by atoms with Gasteiger partial charge >= 0.3 is 5.97 Å². The normalized spacial score (nSPS) is 28.9. The number of aliphatic hydroxyl groups excluding tert-OH is 1. The first-order valence-corrected chi connectivity index (χ1v) is 16.2. The third-order valence-corrected chi connectivity index (χ3v) is 11.9. The summed E-state index contributed by atoms with van der Waals surface area (Å²) < 4.78 is 4.62. The van der Waals surface area contributed by atoms with E-state index in [1.54, 1.807) is 23.6 Å². The Bertz CT molecular complexity index is 1260. The topological polar surface area (TPSA) is 99.2 Å². The van der Waals surface area contributed by atoms with Crippen molar-refractivity contribution in [1.82, 2.24) is 4.90 Å². The zero-order valence-electron chi connectivity index (χ0n) is 23.7. The van der Waals surface area contributed by atoms with E-state index in [9.17, 15) is 19.5 Å². The molecule has 5 rings (SSSR count). The highest BCUT2D eigenvalue weighted by molar-refractivity contribution is 9.09. The number of esters is 1. The number of nitrogens with one attached hydrogen (secondary N) is 1. The molecule has 0 saturated carbocycles. The lowest BCUT2D eigenvalue weighted by Gasteiger charge is -2.37. The maximum absolute atomic E-state index is 14.3. The number of aliphatic hydroxyl groups is 1. The minimum Gasteiger partial charge on any atom is -0.466 e. The third-order valence-electron chi connectivity index (χ3n) is 8.72. The van der Waals surface area contributed by atoms with Crippen molar-refractivity contribution in [2.45, 2.75) is 60.5 Å². The summed E-state index contributed by atoms with van der Waals surface area (Å²) in [5.41, 5.74) is 2.66. The first kappa shape index (κ1) is 29.9. The average molecular weight is 645 g/mol. The molecule has 3 saturated heterocycles. The van der Waals surface area contributed by atoms with Crippen LogP contribution in [0.1, 0.15) is 32.8 Å². The van der Waals surface area contributed by atoms with Crippen molar-refractivity contribution in [3.63, 3.8) is 0 Å². The van der Waals surface area contributed by atoms with E-state index >= 15 is 0 Å². The van der Waals surface area contributed by atoms with Crippen LogP contribution in [0.15, 0.2) is 54.6 Å². The average Bonchev–Trinajstić information content (AvgIpc) is 3.57. The van der Waals surface area contributed by atoms with Crippen molar-refractivity contribution in [2.24, 2.45) is 11.8 Å². The Hall–Kier alpha value is -2.56. The molecule has 2 aromatic rings. The molecule has 3 aliphatic rings. The molecule has 10 heteroatoms. The number of halogens is 1. The summed E-state index contributed by atoms with van der Waals surface area (Å²) in [4.78, 5) is 45.6. The molecule has 2 bridgehead atoms. The van der Waals surface area contributed by atoms with E-state index in [4.69, 9.17) is 4.74 Å².